The second-order valence-corrected chi connectivity index (χ2v) is 22.8. The number of nitrogens with zero attached hydrogens (tertiary/aromatic N) is 1. The van der Waals surface area contributed by atoms with E-state index in [1.54, 1.807) is 6.08 Å². The predicted molar refractivity (Wildman–Crippen MR) is 313 cm³/mol. The molecule has 72 heavy (non-hydrogen) atoms. The highest BCUT2D eigenvalue weighted by molar-refractivity contribution is 7.47. The highest BCUT2D eigenvalue weighted by Gasteiger charge is 2.27. The molecule has 418 valence electrons. The molecule has 0 spiro atoms. The van der Waals surface area contributed by atoms with Gasteiger partial charge in [0.15, 0.2) is 0 Å². The molecule has 0 saturated heterocycles. The normalized spacial score (nSPS) is 14.5. The lowest BCUT2D eigenvalue weighted by atomic mass is 10.0. The van der Waals surface area contributed by atoms with E-state index < -0.39 is 20.0 Å². The number of phosphoric acid groups is 1. The van der Waals surface area contributed by atoms with Crippen molar-refractivity contribution in [2.24, 2.45) is 0 Å². The van der Waals surface area contributed by atoms with Crippen LogP contribution in [0.4, 0.5) is 0 Å². The first-order valence-corrected chi connectivity index (χ1v) is 31.5. The summed E-state index contributed by atoms with van der Waals surface area (Å²) in [5.41, 5.74) is 0. The Kier molecular flexibility index (Phi) is 51.8. The van der Waals surface area contributed by atoms with E-state index in [4.69, 9.17) is 9.05 Å². The van der Waals surface area contributed by atoms with Gasteiger partial charge in [-0.2, -0.15) is 0 Å². The van der Waals surface area contributed by atoms with Crippen LogP contribution in [0.3, 0.4) is 0 Å². The molecule has 0 aliphatic carbocycles. The second kappa shape index (κ2) is 53.5. The number of hydrogen-bond acceptors (Lipinski definition) is 5. The maximum Gasteiger partial charge on any atom is 0.472 e. The average molecular weight is 1030 g/mol. The number of carbonyl (C=O) groups excluding carboxylic acids is 1. The maximum absolute atomic E-state index is 13.0. The lowest BCUT2D eigenvalue weighted by molar-refractivity contribution is -0.870. The molecule has 3 N–H and O–H groups in total. The lowest BCUT2D eigenvalue weighted by Crippen LogP contribution is -2.45. The van der Waals surface area contributed by atoms with E-state index in [9.17, 15) is 19.4 Å². The van der Waals surface area contributed by atoms with Gasteiger partial charge in [0.25, 0.3) is 0 Å². The topological polar surface area (TPSA) is 105 Å². The maximum atomic E-state index is 13.0. The van der Waals surface area contributed by atoms with Crippen LogP contribution in [0.15, 0.2) is 85.1 Å². The number of aliphatic hydroxyl groups is 1. The smallest absolute Gasteiger partial charge is 0.387 e. The van der Waals surface area contributed by atoms with Crippen molar-refractivity contribution in [1.82, 2.24) is 5.32 Å². The third-order valence-corrected chi connectivity index (χ3v) is 14.1. The summed E-state index contributed by atoms with van der Waals surface area (Å²) in [4.78, 5) is 23.2. The summed E-state index contributed by atoms with van der Waals surface area (Å²) in [5.74, 6) is -0.190. The van der Waals surface area contributed by atoms with Crippen molar-refractivity contribution in [3.8, 4) is 0 Å². The standard InChI is InChI=1S/C63H115N2O6P/c1-6-8-10-12-14-16-18-20-21-22-23-24-25-26-27-28-29-30-31-32-33-34-35-36-37-38-39-40-41-42-43-45-47-49-51-53-55-57-63(67)64-61(60-71-72(68,69)70-59-58-65(3,4)5)62(66)56-54-52-50-48-46-44-19-17-15-13-11-9-7-2/h8,10,14-17,20-21,23-24,46,48,54,56,61-62,66H,6-7,9,11-13,18-19,22,25-45,47,49-53,55,57-60H2,1-5H3,(H-,64,67,68,69)/p+1/b10-8-,16-14-,17-15+,21-20-,24-23-,48-46+,56-54+. The van der Waals surface area contributed by atoms with Gasteiger partial charge in [-0.1, -0.05) is 253 Å². The average Bonchev–Trinajstić information content (AvgIpc) is 3.34. The fourth-order valence-electron chi connectivity index (χ4n) is 8.42. The summed E-state index contributed by atoms with van der Waals surface area (Å²) in [7, 11) is 1.55. The van der Waals surface area contributed by atoms with Gasteiger partial charge in [0.1, 0.15) is 13.2 Å². The Morgan fingerprint density at radius 1 is 0.486 bits per heavy atom. The van der Waals surface area contributed by atoms with E-state index in [1.807, 2.05) is 27.2 Å². The molecule has 8 nitrogen and oxygen atoms in total. The number of nitrogens with one attached hydrogen (secondary N) is 1. The van der Waals surface area contributed by atoms with Crippen LogP contribution in [0.2, 0.25) is 0 Å². The summed E-state index contributed by atoms with van der Waals surface area (Å²) < 4.78 is 23.6. The molecule has 0 bridgehead atoms. The number of amides is 1. The van der Waals surface area contributed by atoms with Gasteiger partial charge in [-0.15, -0.1) is 0 Å². The van der Waals surface area contributed by atoms with Crippen LogP contribution in [-0.4, -0.2) is 73.4 Å². The van der Waals surface area contributed by atoms with Crippen LogP contribution in [0.1, 0.15) is 258 Å². The van der Waals surface area contributed by atoms with Crippen LogP contribution in [-0.2, 0) is 18.4 Å². The zero-order chi connectivity index (χ0) is 52.7. The Morgan fingerprint density at radius 2 is 0.847 bits per heavy atom. The van der Waals surface area contributed by atoms with E-state index >= 15 is 0 Å². The number of rotatable bonds is 54. The van der Waals surface area contributed by atoms with Gasteiger partial charge in [-0.25, -0.2) is 4.57 Å². The minimum absolute atomic E-state index is 0.0523. The molecule has 0 aliphatic rings. The number of allylic oxidation sites excluding steroid dienone is 13. The van der Waals surface area contributed by atoms with E-state index in [2.05, 4.69) is 92.1 Å². The van der Waals surface area contributed by atoms with E-state index in [0.717, 1.165) is 77.0 Å². The van der Waals surface area contributed by atoms with Crippen molar-refractivity contribution in [2.45, 2.75) is 270 Å². The third kappa shape index (κ3) is 55.4. The van der Waals surface area contributed by atoms with E-state index in [-0.39, 0.29) is 19.1 Å². The van der Waals surface area contributed by atoms with Crippen LogP contribution < -0.4 is 5.32 Å². The molecule has 0 aromatic rings. The zero-order valence-electron chi connectivity index (χ0n) is 47.7. The van der Waals surface area contributed by atoms with E-state index in [0.29, 0.717) is 17.4 Å². The number of aliphatic hydroxyl groups excluding tert-OH is 1. The van der Waals surface area contributed by atoms with Crippen LogP contribution >= 0.6 is 7.82 Å². The molecular formula is C63H116N2O6P+. The Balaban J connectivity index is 3.95. The first kappa shape index (κ1) is 69.7. The molecule has 9 heteroatoms. The van der Waals surface area contributed by atoms with Crippen molar-refractivity contribution < 1.29 is 32.9 Å². The minimum Gasteiger partial charge on any atom is -0.387 e. The van der Waals surface area contributed by atoms with Crippen LogP contribution in [0, 0.1) is 0 Å². The van der Waals surface area contributed by atoms with Crippen LogP contribution in [0.5, 0.6) is 0 Å². The van der Waals surface area contributed by atoms with Crippen molar-refractivity contribution >= 4 is 13.7 Å². The lowest BCUT2D eigenvalue weighted by Gasteiger charge is -2.25. The van der Waals surface area contributed by atoms with Gasteiger partial charge < -0.3 is 19.8 Å². The summed E-state index contributed by atoms with van der Waals surface area (Å²) >= 11 is 0. The van der Waals surface area contributed by atoms with Crippen molar-refractivity contribution in [2.75, 3.05) is 40.9 Å². The quantitative estimate of drug-likeness (QED) is 0.0243. The van der Waals surface area contributed by atoms with Gasteiger partial charge in [-0.3, -0.25) is 13.8 Å². The van der Waals surface area contributed by atoms with Crippen molar-refractivity contribution in [1.29, 1.82) is 0 Å². The molecule has 3 atom stereocenters. The van der Waals surface area contributed by atoms with Gasteiger partial charge >= 0.3 is 7.82 Å². The summed E-state index contributed by atoms with van der Waals surface area (Å²) in [6.07, 6.45) is 75.8. The Hall–Kier alpha value is -2.32. The summed E-state index contributed by atoms with van der Waals surface area (Å²) in [6, 6.07) is -0.870. The Labute approximate surface area is 446 Å². The molecule has 3 unspecified atom stereocenters. The monoisotopic (exact) mass is 1030 g/mol. The molecule has 0 aliphatic heterocycles. The highest BCUT2D eigenvalue weighted by Crippen LogP contribution is 2.43. The largest absolute Gasteiger partial charge is 0.472 e. The number of unbranched alkanes of at least 4 members (excludes halogenated alkanes) is 29. The number of likely N-dealkylation sites (N-methyl/N-ethyl adjacent to an activating group) is 1. The highest BCUT2D eigenvalue weighted by atomic mass is 31.2. The summed E-state index contributed by atoms with van der Waals surface area (Å²) in [6.45, 7) is 4.64. The first-order valence-electron chi connectivity index (χ1n) is 30.0. The molecule has 0 aromatic carbocycles. The van der Waals surface area contributed by atoms with Crippen LogP contribution in [0.25, 0.3) is 0 Å². The Bertz CT molecular complexity index is 1450. The Morgan fingerprint density at radius 3 is 1.28 bits per heavy atom. The van der Waals surface area contributed by atoms with Gasteiger partial charge in [0.2, 0.25) is 5.91 Å². The summed E-state index contributed by atoms with van der Waals surface area (Å²) in [5, 5.41) is 13.9. The number of phosphoric ester groups is 1. The molecular weight excluding hydrogens is 912 g/mol. The van der Waals surface area contributed by atoms with Gasteiger partial charge in [0, 0.05) is 6.42 Å². The number of hydrogen-bond donors (Lipinski definition) is 3. The second-order valence-electron chi connectivity index (χ2n) is 21.3. The molecule has 0 fully saturated rings. The van der Waals surface area contributed by atoms with E-state index in [1.165, 1.54) is 161 Å². The molecule has 0 saturated carbocycles. The minimum atomic E-state index is -4.36. The third-order valence-electron chi connectivity index (χ3n) is 13.1. The molecule has 0 rings (SSSR count). The fourth-order valence-corrected chi connectivity index (χ4v) is 9.15. The zero-order valence-corrected chi connectivity index (χ0v) is 48.5. The SMILES string of the molecule is CC/C=C\C/C=C\C/C=C\C/C=C\CCCCCCCCCCCCCCCCCCCCCCCCCCC(=O)NC(COP(=O)(O)OCC[N+](C)(C)C)C(O)/C=C/CC/C=C/CC/C=C/CCCCC. The van der Waals surface area contributed by atoms with Gasteiger partial charge in [0.05, 0.1) is 39.9 Å². The number of quaternary nitrogens is 1. The fraction of sp³-hybridized carbons (Fsp3) is 0.762. The van der Waals surface area contributed by atoms with Crippen molar-refractivity contribution in [3.05, 3.63) is 85.1 Å². The van der Waals surface area contributed by atoms with Gasteiger partial charge in [-0.05, 0) is 83.5 Å². The number of carbonyl (C=O) groups is 1. The molecule has 1 amide bonds. The molecule has 0 heterocycles. The first-order chi connectivity index (χ1) is 35.0. The van der Waals surface area contributed by atoms with Crippen molar-refractivity contribution in [3.63, 3.8) is 0 Å². The molecule has 0 aromatic heterocycles. The predicted octanol–water partition coefficient (Wildman–Crippen LogP) is 18.4. The molecule has 0 radical (unpaired) electrons.